The minimum atomic E-state index is -4.05. The molecule has 4 rings (SSSR count). The van der Waals surface area contributed by atoms with Gasteiger partial charge in [0.15, 0.2) is 5.54 Å². The van der Waals surface area contributed by atoms with Crippen molar-refractivity contribution in [3.8, 4) is 5.75 Å². The van der Waals surface area contributed by atoms with E-state index in [1.165, 1.54) is 0 Å². The Morgan fingerprint density at radius 2 is 1.79 bits per heavy atom. The number of carbonyl (C=O) groups excluding carboxylic acids is 2. The summed E-state index contributed by atoms with van der Waals surface area (Å²) in [6, 6.07) is 15.2. The molecule has 2 heterocycles. The van der Waals surface area contributed by atoms with Crippen LogP contribution in [-0.2, 0) is 31.1 Å². The van der Waals surface area contributed by atoms with Gasteiger partial charge in [-0.2, -0.15) is 8.42 Å². The molecule has 0 aromatic heterocycles. The van der Waals surface area contributed by atoms with E-state index >= 15 is 0 Å². The fourth-order valence-electron chi connectivity index (χ4n) is 3.91. The van der Waals surface area contributed by atoms with Crippen molar-refractivity contribution in [3.05, 3.63) is 65.7 Å². The average molecular weight is 556 g/mol. The second-order valence-corrected chi connectivity index (χ2v) is 18.4. The third-order valence-electron chi connectivity index (χ3n) is 6.17. The highest BCUT2D eigenvalue weighted by molar-refractivity contribution is 7.91. The van der Waals surface area contributed by atoms with Crippen LogP contribution in [0, 0.1) is 0 Å². The number of amides is 1. The number of hydrogen-bond acceptors (Lipinski definition) is 7. The maximum Gasteiger partial charge on any atom is 0.340 e. The maximum absolute atomic E-state index is 13.4. The molecule has 11 heteroatoms. The van der Waals surface area contributed by atoms with Crippen molar-refractivity contribution < 1.29 is 27.5 Å². The Morgan fingerprint density at radius 1 is 1.08 bits per heavy atom. The molecule has 0 atom stereocenters. The summed E-state index contributed by atoms with van der Waals surface area (Å²) >= 11 is 0. The van der Waals surface area contributed by atoms with Gasteiger partial charge in [-0.3, -0.25) is 4.79 Å². The van der Waals surface area contributed by atoms with E-state index in [0.29, 0.717) is 17.4 Å². The first-order chi connectivity index (χ1) is 17.8. The predicted molar refractivity (Wildman–Crippen MR) is 150 cm³/mol. The summed E-state index contributed by atoms with van der Waals surface area (Å²) in [5.41, 5.74) is 0.934. The van der Waals surface area contributed by atoms with Crippen LogP contribution in [0.15, 0.2) is 59.6 Å². The van der Waals surface area contributed by atoms with Crippen LogP contribution >= 0.6 is 0 Å². The summed E-state index contributed by atoms with van der Waals surface area (Å²) in [5.74, 6) is -0.376. The van der Waals surface area contributed by atoms with Gasteiger partial charge >= 0.3 is 16.2 Å². The standard InChI is InChI=1S/C27H33N3O6SSi/c1-27(2)26(32)36-24(28-27)14-12-20-11-13-22(23(17-20)35-19-21-9-7-6-8-10-21)30-18-25(31)29(37(30,33)34)15-16-38(3,4)5/h6-14,17H,15-16,18-19H2,1-5H3/b14-12+. The molecule has 38 heavy (non-hydrogen) atoms. The molecule has 0 aliphatic carbocycles. The predicted octanol–water partition coefficient (Wildman–Crippen LogP) is 4.24. The fraction of sp³-hybridized carbons (Fsp3) is 0.370. The lowest BCUT2D eigenvalue weighted by atomic mass is 10.1. The summed E-state index contributed by atoms with van der Waals surface area (Å²) < 4.78 is 40.3. The first kappa shape index (κ1) is 27.6. The van der Waals surface area contributed by atoms with Crippen molar-refractivity contribution in [1.82, 2.24) is 4.31 Å². The van der Waals surface area contributed by atoms with Crippen molar-refractivity contribution in [3.63, 3.8) is 0 Å². The van der Waals surface area contributed by atoms with Gasteiger partial charge < -0.3 is 9.47 Å². The summed E-state index contributed by atoms with van der Waals surface area (Å²) in [4.78, 5) is 29.0. The fourth-order valence-corrected chi connectivity index (χ4v) is 6.52. The van der Waals surface area contributed by atoms with E-state index < -0.39 is 35.7 Å². The van der Waals surface area contributed by atoms with Crippen LogP contribution in [0.25, 0.3) is 6.08 Å². The Labute approximate surface area is 225 Å². The monoisotopic (exact) mass is 555 g/mol. The van der Waals surface area contributed by atoms with E-state index in [1.807, 2.05) is 30.3 Å². The number of esters is 1. The smallest absolute Gasteiger partial charge is 0.340 e. The molecule has 9 nitrogen and oxygen atoms in total. The van der Waals surface area contributed by atoms with Crippen molar-refractivity contribution >= 4 is 47.8 Å². The zero-order chi connectivity index (χ0) is 27.7. The highest BCUT2D eigenvalue weighted by Crippen LogP contribution is 2.36. The highest BCUT2D eigenvalue weighted by atomic mass is 32.2. The second-order valence-electron chi connectivity index (χ2n) is 11.0. The minimum Gasteiger partial charge on any atom is -0.487 e. The van der Waals surface area contributed by atoms with Gasteiger partial charge in [-0.05, 0) is 49.2 Å². The Balaban J connectivity index is 1.64. The summed E-state index contributed by atoms with van der Waals surface area (Å²) in [6.07, 6.45) is 3.29. The number of cyclic esters (lactones) is 1. The summed E-state index contributed by atoms with van der Waals surface area (Å²) in [6.45, 7) is 9.85. The lowest BCUT2D eigenvalue weighted by Crippen LogP contribution is -2.37. The van der Waals surface area contributed by atoms with Gasteiger partial charge in [-0.15, -0.1) is 0 Å². The van der Waals surface area contributed by atoms with Crippen LogP contribution in [0.3, 0.4) is 0 Å². The molecular formula is C27H33N3O6SSi. The normalized spacial score (nSPS) is 18.7. The van der Waals surface area contributed by atoms with Gasteiger partial charge in [0.05, 0.1) is 5.69 Å². The Kier molecular flexibility index (Phi) is 7.53. The van der Waals surface area contributed by atoms with E-state index in [9.17, 15) is 18.0 Å². The lowest BCUT2D eigenvalue weighted by Gasteiger charge is -2.24. The SMILES string of the molecule is CC1(C)N=C(/C=C/c2ccc(N3CC(=O)N(CC[Si](C)(C)C)S3(=O)=O)c(OCc3ccccc3)c2)OC1=O. The van der Waals surface area contributed by atoms with Crippen LogP contribution in [0.2, 0.25) is 25.7 Å². The molecule has 2 aliphatic heterocycles. The number of hydrogen-bond donors (Lipinski definition) is 0. The van der Waals surface area contributed by atoms with Crippen molar-refractivity contribution in [2.75, 3.05) is 17.4 Å². The molecule has 0 radical (unpaired) electrons. The quantitative estimate of drug-likeness (QED) is 0.338. The zero-order valence-electron chi connectivity index (χ0n) is 22.3. The van der Waals surface area contributed by atoms with Crippen LogP contribution in [0.5, 0.6) is 5.75 Å². The van der Waals surface area contributed by atoms with Crippen molar-refractivity contribution in [2.45, 2.75) is 51.7 Å². The zero-order valence-corrected chi connectivity index (χ0v) is 24.1. The van der Waals surface area contributed by atoms with E-state index in [0.717, 1.165) is 14.2 Å². The third-order valence-corrected chi connectivity index (χ3v) is 9.72. The van der Waals surface area contributed by atoms with Gasteiger partial charge in [0.25, 0.3) is 5.91 Å². The number of benzene rings is 2. The van der Waals surface area contributed by atoms with E-state index in [-0.39, 0.29) is 31.3 Å². The molecule has 0 bridgehead atoms. The Morgan fingerprint density at radius 3 is 2.42 bits per heavy atom. The number of rotatable bonds is 9. The molecule has 0 saturated carbocycles. The number of carbonyl (C=O) groups is 2. The largest absolute Gasteiger partial charge is 0.487 e. The van der Waals surface area contributed by atoms with E-state index in [4.69, 9.17) is 9.47 Å². The average Bonchev–Trinajstić information content (AvgIpc) is 3.23. The molecule has 1 saturated heterocycles. The molecule has 2 aromatic rings. The van der Waals surface area contributed by atoms with Gasteiger partial charge in [0.2, 0.25) is 5.90 Å². The molecule has 0 spiro atoms. The van der Waals surface area contributed by atoms with Crippen LogP contribution in [0.4, 0.5) is 5.69 Å². The van der Waals surface area contributed by atoms with Gasteiger partial charge in [-0.25, -0.2) is 18.4 Å². The Bertz CT molecular complexity index is 1400. The molecular weight excluding hydrogens is 522 g/mol. The minimum absolute atomic E-state index is 0.172. The van der Waals surface area contributed by atoms with Crippen molar-refractivity contribution in [2.24, 2.45) is 4.99 Å². The van der Waals surface area contributed by atoms with Crippen LogP contribution in [-0.4, -0.2) is 57.2 Å². The van der Waals surface area contributed by atoms with Crippen LogP contribution in [0.1, 0.15) is 25.0 Å². The summed E-state index contributed by atoms with van der Waals surface area (Å²) in [7, 11) is -5.62. The lowest BCUT2D eigenvalue weighted by molar-refractivity contribution is -0.137. The molecule has 2 aliphatic rings. The topological polar surface area (TPSA) is 106 Å². The number of nitrogens with zero attached hydrogens (tertiary/aromatic N) is 3. The molecule has 0 unspecified atom stereocenters. The van der Waals surface area contributed by atoms with E-state index in [1.54, 1.807) is 44.2 Å². The first-order valence-electron chi connectivity index (χ1n) is 12.4. The Hall–Kier alpha value is -3.44. The first-order valence-corrected chi connectivity index (χ1v) is 17.5. The highest BCUT2D eigenvalue weighted by Gasteiger charge is 2.44. The van der Waals surface area contributed by atoms with E-state index in [2.05, 4.69) is 24.6 Å². The number of aliphatic imine (C=N–C) groups is 1. The third kappa shape index (κ3) is 6.16. The van der Waals surface area contributed by atoms with Gasteiger partial charge in [0, 0.05) is 20.7 Å². The maximum atomic E-state index is 13.4. The second kappa shape index (κ2) is 10.4. The molecule has 202 valence electrons. The molecule has 0 N–H and O–H groups in total. The molecule has 2 aromatic carbocycles. The van der Waals surface area contributed by atoms with Crippen LogP contribution < -0.4 is 9.04 Å². The molecule has 1 amide bonds. The molecule has 1 fully saturated rings. The summed E-state index contributed by atoms with van der Waals surface area (Å²) in [5, 5.41) is 0. The number of anilines is 1. The van der Waals surface area contributed by atoms with Gasteiger partial charge in [-0.1, -0.05) is 56.0 Å². The van der Waals surface area contributed by atoms with Crippen molar-refractivity contribution in [1.29, 1.82) is 0 Å². The van der Waals surface area contributed by atoms with Gasteiger partial charge in [0.1, 0.15) is 18.9 Å². The number of ether oxygens (including phenoxy) is 2.